The molecule has 1 aliphatic heterocycles. The molecule has 0 amide bonds. The summed E-state index contributed by atoms with van der Waals surface area (Å²) < 4.78 is 0. The fraction of sp³-hybridized carbons (Fsp3) is 0.471. The first-order chi connectivity index (χ1) is 11.1. The molecule has 0 bridgehead atoms. The lowest BCUT2D eigenvalue weighted by molar-refractivity contribution is 0.502. The number of hydrogen-bond donors (Lipinski definition) is 2. The van der Waals surface area contributed by atoms with Crippen LogP contribution in [0.3, 0.4) is 0 Å². The van der Waals surface area contributed by atoms with E-state index in [-0.39, 0.29) is 5.56 Å². The Kier molecular flexibility index (Phi) is 4.60. The third-order valence-electron chi connectivity index (χ3n) is 4.18. The fourth-order valence-electron chi connectivity index (χ4n) is 3.05. The monoisotopic (exact) mass is 313 g/mol. The van der Waals surface area contributed by atoms with Gasteiger partial charge in [0.2, 0.25) is 5.56 Å². The van der Waals surface area contributed by atoms with Gasteiger partial charge >= 0.3 is 0 Å². The average molecular weight is 313 g/mol. The molecule has 122 valence electrons. The Morgan fingerprint density at radius 3 is 2.74 bits per heavy atom. The maximum Gasteiger partial charge on any atom is 0.248 e. The maximum absolute atomic E-state index is 11.5. The maximum atomic E-state index is 11.5. The van der Waals surface area contributed by atoms with E-state index in [2.05, 4.69) is 39.0 Å². The molecule has 0 saturated carbocycles. The summed E-state index contributed by atoms with van der Waals surface area (Å²) in [5.74, 6) is 2.28. The number of H-pyrrole nitrogens is 1. The van der Waals surface area contributed by atoms with Gasteiger partial charge in [0.1, 0.15) is 18.0 Å². The van der Waals surface area contributed by atoms with Gasteiger partial charge in [-0.3, -0.25) is 4.79 Å². The molecule has 3 heterocycles. The molecule has 0 atom stereocenters. The van der Waals surface area contributed by atoms with Crippen molar-refractivity contribution in [2.75, 3.05) is 23.3 Å². The van der Waals surface area contributed by atoms with Crippen LogP contribution in [0, 0.1) is 0 Å². The average Bonchev–Trinajstić information content (AvgIpc) is 2.55. The van der Waals surface area contributed by atoms with E-state index in [9.17, 15) is 4.79 Å². The zero-order valence-electron chi connectivity index (χ0n) is 13.6. The molecular weight excluding hydrogens is 290 g/mol. The highest BCUT2D eigenvalue weighted by atomic mass is 16.1. The number of aromatic amines is 1. The summed E-state index contributed by atoms with van der Waals surface area (Å²) in [5.41, 5.74) is 1.11. The first kappa shape index (κ1) is 15.5. The summed E-state index contributed by atoms with van der Waals surface area (Å²) in [5, 5.41) is 3.31. The predicted octanol–water partition coefficient (Wildman–Crippen LogP) is 2.37. The van der Waals surface area contributed by atoms with Crippen LogP contribution in [0.4, 0.5) is 11.6 Å². The quantitative estimate of drug-likeness (QED) is 0.906. The topological polar surface area (TPSA) is 73.9 Å². The second-order valence-corrected chi connectivity index (χ2v) is 6.31. The van der Waals surface area contributed by atoms with E-state index in [1.54, 1.807) is 18.6 Å². The molecule has 0 unspecified atom stereocenters. The molecule has 2 aromatic heterocycles. The Morgan fingerprint density at radius 2 is 2.04 bits per heavy atom. The molecule has 3 rings (SSSR count). The van der Waals surface area contributed by atoms with Crippen LogP contribution in [0.2, 0.25) is 0 Å². The van der Waals surface area contributed by atoms with Crippen molar-refractivity contribution in [2.24, 2.45) is 0 Å². The van der Waals surface area contributed by atoms with Gasteiger partial charge in [-0.15, -0.1) is 0 Å². The highest BCUT2D eigenvalue weighted by molar-refractivity contribution is 5.49. The Hall–Kier alpha value is -2.37. The van der Waals surface area contributed by atoms with Gasteiger partial charge in [0.05, 0.1) is 0 Å². The summed E-state index contributed by atoms with van der Waals surface area (Å²) in [6.45, 7) is 6.06. The lowest BCUT2D eigenvalue weighted by atomic mass is 9.90. The van der Waals surface area contributed by atoms with Gasteiger partial charge in [-0.1, -0.05) is 0 Å². The van der Waals surface area contributed by atoms with Crippen molar-refractivity contribution < 1.29 is 0 Å². The van der Waals surface area contributed by atoms with Gasteiger partial charge in [-0.25, -0.2) is 9.97 Å². The number of rotatable bonds is 4. The van der Waals surface area contributed by atoms with Crippen molar-refractivity contribution in [3.63, 3.8) is 0 Å². The third-order valence-corrected chi connectivity index (χ3v) is 4.18. The highest BCUT2D eigenvalue weighted by Gasteiger charge is 2.22. The van der Waals surface area contributed by atoms with Crippen LogP contribution < -0.4 is 15.8 Å². The van der Waals surface area contributed by atoms with Gasteiger partial charge in [0.25, 0.3) is 0 Å². The Balaban J connectivity index is 1.66. The summed E-state index contributed by atoms with van der Waals surface area (Å²) >= 11 is 0. The SMILES string of the molecule is CC(C)Nc1cc(N2CCC(c3cc[nH]c(=O)c3)CC2)ncn1. The van der Waals surface area contributed by atoms with Crippen molar-refractivity contribution in [2.45, 2.75) is 38.6 Å². The molecule has 23 heavy (non-hydrogen) atoms. The minimum Gasteiger partial charge on any atom is -0.368 e. The molecule has 0 radical (unpaired) electrons. The fourth-order valence-corrected chi connectivity index (χ4v) is 3.05. The molecule has 1 saturated heterocycles. The number of aromatic nitrogens is 3. The Morgan fingerprint density at radius 1 is 1.26 bits per heavy atom. The smallest absolute Gasteiger partial charge is 0.248 e. The molecule has 6 nitrogen and oxygen atoms in total. The second-order valence-electron chi connectivity index (χ2n) is 6.31. The largest absolute Gasteiger partial charge is 0.368 e. The summed E-state index contributed by atoms with van der Waals surface area (Å²) in [4.78, 5) is 25.1. The van der Waals surface area contributed by atoms with Crippen LogP contribution in [-0.2, 0) is 0 Å². The Labute approximate surface area is 136 Å². The van der Waals surface area contributed by atoms with Gasteiger partial charge in [0.15, 0.2) is 0 Å². The molecule has 1 fully saturated rings. The van der Waals surface area contributed by atoms with E-state index in [1.165, 1.54) is 0 Å². The van der Waals surface area contributed by atoms with Crippen molar-refractivity contribution in [1.29, 1.82) is 0 Å². The van der Waals surface area contributed by atoms with Crippen LogP contribution in [0.25, 0.3) is 0 Å². The van der Waals surface area contributed by atoms with Crippen LogP contribution in [0.1, 0.15) is 38.2 Å². The highest BCUT2D eigenvalue weighted by Crippen LogP contribution is 2.29. The molecule has 0 spiro atoms. The molecular formula is C17H23N5O. The molecule has 2 N–H and O–H groups in total. The molecule has 1 aliphatic rings. The molecule has 0 aromatic carbocycles. The van der Waals surface area contributed by atoms with Gasteiger partial charge < -0.3 is 15.2 Å². The van der Waals surface area contributed by atoms with Crippen LogP contribution >= 0.6 is 0 Å². The van der Waals surface area contributed by atoms with Crippen molar-refractivity contribution in [3.05, 3.63) is 46.6 Å². The molecule has 2 aromatic rings. The second kappa shape index (κ2) is 6.81. The van der Waals surface area contributed by atoms with Gasteiger partial charge in [-0.05, 0) is 44.2 Å². The first-order valence-electron chi connectivity index (χ1n) is 8.14. The standard InChI is InChI=1S/C17H23N5O/c1-12(2)21-15-10-16(20-11-19-15)22-7-4-13(5-8-22)14-3-6-18-17(23)9-14/h3,6,9-13H,4-5,7-8H2,1-2H3,(H,18,23)(H,19,20,21). The Bertz CT molecular complexity index is 704. The normalized spacial score (nSPS) is 15.9. The number of hydrogen-bond acceptors (Lipinski definition) is 5. The minimum atomic E-state index is -0.0230. The number of anilines is 2. The number of pyridine rings is 1. The summed E-state index contributed by atoms with van der Waals surface area (Å²) in [6, 6.07) is 6.08. The van der Waals surface area contributed by atoms with Crippen molar-refractivity contribution in [1.82, 2.24) is 15.0 Å². The van der Waals surface area contributed by atoms with Crippen molar-refractivity contribution >= 4 is 11.6 Å². The molecule has 6 heteroatoms. The van der Waals surface area contributed by atoms with Crippen LogP contribution in [-0.4, -0.2) is 34.1 Å². The van der Waals surface area contributed by atoms with E-state index in [4.69, 9.17) is 0 Å². The zero-order chi connectivity index (χ0) is 16.2. The summed E-state index contributed by atoms with van der Waals surface area (Å²) in [7, 11) is 0. The van der Waals surface area contributed by atoms with Crippen molar-refractivity contribution in [3.8, 4) is 0 Å². The lowest BCUT2D eigenvalue weighted by Crippen LogP contribution is -2.33. The van der Waals surface area contributed by atoms with E-state index in [0.29, 0.717) is 12.0 Å². The first-order valence-corrected chi connectivity index (χ1v) is 8.14. The zero-order valence-corrected chi connectivity index (χ0v) is 13.6. The van der Waals surface area contributed by atoms with E-state index in [0.717, 1.165) is 43.1 Å². The summed E-state index contributed by atoms with van der Waals surface area (Å²) in [6.07, 6.45) is 5.40. The lowest BCUT2D eigenvalue weighted by Gasteiger charge is -2.33. The predicted molar refractivity (Wildman–Crippen MR) is 92.0 cm³/mol. The third kappa shape index (κ3) is 3.88. The number of nitrogens with zero attached hydrogens (tertiary/aromatic N) is 3. The number of nitrogens with one attached hydrogen (secondary N) is 2. The molecule has 0 aliphatic carbocycles. The minimum absolute atomic E-state index is 0.0230. The van der Waals surface area contributed by atoms with Crippen LogP contribution in [0.15, 0.2) is 35.5 Å². The van der Waals surface area contributed by atoms with E-state index >= 15 is 0 Å². The van der Waals surface area contributed by atoms with E-state index < -0.39 is 0 Å². The van der Waals surface area contributed by atoms with Crippen LogP contribution in [0.5, 0.6) is 0 Å². The van der Waals surface area contributed by atoms with Gasteiger partial charge in [0, 0.05) is 37.5 Å². The van der Waals surface area contributed by atoms with Gasteiger partial charge in [-0.2, -0.15) is 0 Å². The van der Waals surface area contributed by atoms with E-state index in [1.807, 2.05) is 12.1 Å². The number of piperidine rings is 1.